The van der Waals surface area contributed by atoms with E-state index < -0.39 is 6.04 Å². The van der Waals surface area contributed by atoms with Crippen LogP contribution in [0.5, 0.6) is 0 Å². The number of thioether (sulfide) groups is 1. The molecule has 2 aromatic rings. The fourth-order valence-corrected chi connectivity index (χ4v) is 4.01. The van der Waals surface area contributed by atoms with Gasteiger partial charge in [0.15, 0.2) is 0 Å². The van der Waals surface area contributed by atoms with E-state index in [4.69, 9.17) is 34.8 Å². The summed E-state index contributed by atoms with van der Waals surface area (Å²) in [7, 11) is 1.56. The third kappa shape index (κ3) is 7.41. The van der Waals surface area contributed by atoms with Gasteiger partial charge in [0.05, 0.1) is 10.0 Å². The van der Waals surface area contributed by atoms with Crippen LogP contribution in [0.15, 0.2) is 47.4 Å². The van der Waals surface area contributed by atoms with Gasteiger partial charge in [-0.15, -0.1) is 11.8 Å². The number of nitrogens with one attached hydrogen (secondary N) is 1. The minimum Gasteiger partial charge on any atom is -0.357 e. The van der Waals surface area contributed by atoms with E-state index in [1.165, 1.54) is 0 Å². The van der Waals surface area contributed by atoms with Crippen LogP contribution in [0.1, 0.15) is 25.3 Å². The lowest BCUT2D eigenvalue weighted by atomic mass is 10.1. The SMILES string of the molecule is CNC(=O)[C@@H](C)N(Cc1ccc(Cl)c(Cl)c1)C(=O)CCCSc1ccc(Cl)cc1. The molecule has 1 atom stereocenters. The highest BCUT2D eigenvalue weighted by atomic mass is 35.5. The molecule has 0 heterocycles. The van der Waals surface area contributed by atoms with Gasteiger partial charge in [-0.05, 0) is 61.1 Å². The van der Waals surface area contributed by atoms with Crippen molar-refractivity contribution in [3.8, 4) is 0 Å². The van der Waals surface area contributed by atoms with E-state index in [9.17, 15) is 9.59 Å². The Morgan fingerprint density at radius 3 is 2.38 bits per heavy atom. The van der Waals surface area contributed by atoms with Gasteiger partial charge in [-0.3, -0.25) is 9.59 Å². The fraction of sp³-hybridized carbons (Fsp3) is 0.333. The molecule has 156 valence electrons. The quantitative estimate of drug-likeness (QED) is 0.376. The number of hydrogen-bond donors (Lipinski definition) is 1. The zero-order chi connectivity index (χ0) is 21.4. The van der Waals surface area contributed by atoms with E-state index >= 15 is 0 Å². The van der Waals surface area contributed by atoms with Crippen LogP contribution in [0.2, 0.25) is 15.1 Å². The summed E-state index contributed by atoms with van der Waals surface area (Å²) >= 11 is 19.6. The van der Waals surface area contributed by atoms with Gasteiger partial charge in [0.1, 0.15) is 6.04 Å². The van der Waals surface area contributed by atoms with Crippen LogP contribution >= 0.6 is 46.6 Å². The summed E-state index contributed by atoms with van der Waals surface area (Å²) in [5.74, 6) is 0.500. The van der Waals surface area contributed by atoms with Crippen molar-refractivity contribution in [3.05, 3.63) is 63.1 Å². The molecule has 0 unspecified atom stereocenters. The first-order chi connectivity index (χ1) is 13.8. The van der Waals surface area contributed by atoms with Crippen LogP contribution in [-0.2, 0) is 16.1 Å². The molecule has 29 heavy (non-hydrogen) atoms. The highest BCUT2D eigenvalue weighted by Crippen LogP contribution is 2.25. The van der Waals surface area contributed by atoms with Crippen molar-refractivity contribution in [2.45, 2.75) is 37.2 Å². The largest absolute Gasteiger partial charge is 0.357 e. The Kier molecular flexibility index (Phi) is 9.63. The summed E-state index contributed by atoms with van der Waals surface area (Å²) in [5.41, 5.74) is 0.819. The zero-order valence-corrected chi connectivity index (χ0v) is 19.3. The first kappa shape index (κ1) is 23.9. The second-order valence-corrected chi connectivity index (χ2v) is 8.89. The Morgan fingerprint density at radius 1 is 1.07 bits per heavy atom. The predicted octanol–water partition coefficient (Wildman–Crippen LogP) is 5.68. The molecule has 2 rings (SSSR count). The molecule has 0 radical (unpaired) electrons. The fourth-order valence-electron chi connectivity index (χ4n) is 2.71. The molecule has 0 saturated carbocycles. The van der Waals surface area contributed by atoms with Crippen LogP contribution in [0.4, 0.5) is 0 Å². The summed E-state index contributed by atoms with van der Waals surface area (Å²) in [6, 6.07) is 12.2. The van der Waals surface area contributed by atoms with Crippen LogP contribution in [0, 0.1) is 0 Å². The Balaban J connectivity index is 1.98. The maximum atomic E-state index is 12.9. The first-order valence-electron chi connectivity index (χ1n) is 9.15. The standard InChI is InChI=1S/C21H23Cl3N2O2S/c1-14(21(28)25-2)26(13-15-5-10-18(23)19(24)12-15)20(27)4-3-11-29-17-8-6-16(22)7-9-17/h5-10,12,14H,3-4,11,13H2,1-2H3,(H,25,28)/t14-/m1/s1. The lowest BCUT2D eigenvalue weighted by Gasteiger charge is -2.28. The molecule has 0 bridgehead atoms. The third-order valence-electron chi connectivity index (χ3n) is 4.37. The normalized spacial score (nSPS) is 11.8. The average molecular weight is 474 g/mol. The van der Waals surface area contributed by atoms with E-state index in [2.05, 4.69) is 5.32 Å². The molecule has 0 aliphatic carbocycles. The number of rotatable bonds is 9. The van der Waals surface area contributed by atoms with Crippen LogP contribution < -0.4 is 5.32 Å². The van der Waals surface area contributed by atoms with E-state index in [-0.39, 0.29) is 18.4 Å². The molecular formula is C21H23Cl3N2O2S. The van der Waals surface area contributed by atoms with E-state index in [0.717, 1.165) is 16.2 Å². The Hall–Kier alpha value is -1.40. The van der Waals surface area contributed by atoms with Crippen molar-refractivity contribution in [3.63, 3.8) is 0 Å². The summed E-state index contributed by atoms with van der Waals surface area (Å²) in [6.07, 6.45) is 1.05. The van der Waals surface area contributed by atoms with Crippen molar-refractivity contribution >= 4 is 58.4 Å². The predicted molar refractivity (Wildman–Crippen MR) is 122 cm³/mol. The van der Waals surface area contributed by atoms with Gasteiger partial charge in [-0.2, -0.15) is 0 Å². The van der Waals surface area contributed by atoms with Crippen LogP contribution in [0.25, 0.3) is 0 Å². The smallest absolute Gasteiger partial charge is 0.242 e. The lowest BCUT2D eigenvalue weighted by Crippen LogP contribution is -2.46. The molecule has 0 spiro atoms. The molecule has 2 amide bonds. The summed E-state index contributed by atoms with van der Waals surface area (Å²) in [4.78, 5) is 27.7. The minimum atomic E-state index is -0.592. The highest BCUT2D eigenvalue weighted by molar-refractivity contribution is 7.99. The Bertz CT molecular complexity index is 846. The highest BCUT2D eigenvalue weighted by Gasteiger charge is 2.25. The molecule has 1 N–H and O–H groups in total. The number of carbonyl (C=O) groups is 2. The van der Waals surface area contributed by atoms with Gasteiger partial charge in [0.25, 0.3) is 0 Å². The monoisotopic (exact) mass is 472 g/mol. The molecule has 8 heteroatoms. The van der Waals surface area contributed by atoms with Gasteiger partial charge < -0.3 is 10.2 Å². The molecule has 0 aliphatic heterocycles. The Labute approximate surface area is 190 Å². The van der Waals surface area contributed by atoms with E-state index in [1.807, 2.05) is 24.3 Å². The second kappa shape index (κ2) is 11.7. The maximum absolute atomic E-state index is 12.9. The molecule has 0 aromatic heterocycles. The Morgan fingerprint density at radius 2 is 1.76 bits per heavy atom. The molecular weight excluding hydrogens is 451 g/mol. The summed E-state index contributed by atoms with van der Waals surface area (Å²) in [6.45, 7) is 2.01. The van der Waals surface area contributed by atoms with Crippen molar-refractivity contribution in [2.24, 2.45) is 0 Å². The van der Waals surface area contributed by atoms with Crippen LogP contribution in [-0.4, -0.2) is 35.6 Å². The zero-order valence-electron chi connectivity index (χ0n) is 16.3. The topological polar surface area (TPSA) is 49.4 Å². The maximum Gasteiger partial charge on any atom is 0.242 e. The molecule has 2 aromatic carbocycles. The molecule has 0 fully saturated rings. The van der Waals surface area contributed by atoms with E-state index in [1.54, 1.807) is 48.8 Å². The molecule has 0 aliphatic rings. The number of nitrogens with zero attached hydrogens (tertiary/aromatic N) is 1. The number of amides is 2. The average Bonchev–Trinajstić information content (AvgIpc) is 2.72. The van der Waals surface area contributed by atoms with Crippen molar-refractivity contribution in [1.29, 1.82) is 0 Å². The number of hydrogen-bond acceptors (Lipinski definition) is 3. The second-order valence-electron chi connectivity index (χ2n) is 6.47. The molecule has 0 saturated heterocycles. The summed E-state index contributed by atoms with van der Waals surface area (Å²) in [5, 5.41) is 4.18. The van der Waals surface area contributed by atoms with Crippen LogP contribution in [0.3, 0.4) is 0 Å². The van der Waals surface area contributed by atoms with Gasteiger partial charge in [-0.25, -0.2) is 0 Å². The van der Waals surface area contributed by atoms with Crippen molar-refractivity contribution in [2.75, 3.05) is 12.8 Å². The number of likely N-dealkylation sites (N-methyl/N-ethyl adjacent to an activating group) is 1. The van der Waals surface area contributed by atoms with E-state index in [0.29, 0.717) is 27.9 Å². The van der Waals surface area contributed by atoms with Gasteiger partial charge in [0, 0.05) is 29.9 Å². The summed E-state index contributed by atoms with van der Waals surface area (Å²) < 4.78 is 0. The third-order valence-corrected chi connectivity index (χ3v) is 6.46. The number of halogens is 3. The molecule has 4 nitrogen and oxygen atoms in total. The van der Waals surface area contributed by atoms with Gasteiger partial charge in [-0.1, -0.05) is 40.9 Å². The van der Waals surface area contributed by atoms with Crippen molar-refractivity contribution < 1.29 is 9.59 Å². The lowest BCUT2D eigenvalue weighted by molar-refractivity contribution is -0.140. The minimum absolute atomic E-state index is 0.0797. The van der Waals surface area contributed by atoms with Gasteiger partial charge >= 0.3 is 0 Å². The van der Waals surface area contributed by atoms with Crippen molar-refractivity contribution in [1.82, 2.24) is 10.2 Å². The van der Waals surface area contributed by atoms with Gasteiger partial charge in [0.2, 0.25) is 11.8 Å². The number of benzene rings is 2. The first-order valence-corrected chi connectivity index (χ1v) is 11.3. The number of carbonyl (C=O) groups excluding carboxylic acids is 2.